The highest BCUT2D eigenvalue weighted by atomic mass is 16.6. The number of nitrogens with two attached hydrogens (primary N) is 1. The van der Waals surface area contributed by atoms with E-state index in [0.717, 1.165) is 10.3 Å². The molecule has 124 valence electrons. The van der Waals surface area contributed by atoms with Gasteiger partial charge in [0, 0.05) is 16.5 Å². The van der Waals surface area contributed by atoms with Gasteiger partial charge < -0.3 is 25.3 Å². The Morgan fingerprint density at radius 1 is 1.46 bits per heavy atom. The molecule has 1 aliphatic heterocycles. The van der Waals surface area contributed by atoms with Crippen molar-refractivity contribution in [2.75, 3.05) is 5.73 Å². The van der Waals surface area contributed by atoms with Crippen LogP contribution in [0.2, 0.25) is 0 Å². The van der Waals surface area contributed by atoms with Crippen LogP contribution in [0.4, 0.5) is 5.69 Å². The van der Waals surface area contributed by atoms with Crippen molar-refractivity contribution in [3.05, 3.63) is 41.6 Å². The quantitative estimate of drug-likeness (QED) is 0.356. The van der Waals surface area contributed by atoms with Gasteiger partial charge in [-0.1, -0.05) is 0 Å². The highest BCUT2D eigenvalue weighted by Crippen LogP contribution is 2.32. The van der Waals surface area contributed by atoms with Gasteiger partial charge in [-0.15, -0.1) is 0 Å². The van der Waals surface area contributed by atoms with Crippen molar-refractivity contribution in [3.63, 3.8) is 0 Å². The van der Waals surface area contributed by atoms with Crippen LogP contribution in [-0.2, 0) is 9.45 Å². The Labute approximate surface area is 137 Å². The monoisotopic (exact) mass is 331 g/mol. The zero-order valence-electron chi connectivity index (χ0n) is 12.8. The topological polar surface area (TPSA) is 126 Å². The number of fused-ring (bicyclic) bond motifs is 1. The first kappa shape index (κ1) is 16.1. The number of ether oxygens (including phenoxy) is 1. The third-order valence-corrected chi connectivity index (χ3v) is 3.78. The molecule has 0 bridgehead atoms. The van der Waals surface area contributed by atoms with E-state index in [-0.39, 0.29) is 12.3 Å². The van der Waals surface area contributed by atoms with E-state index in [1.165, 1.54) is 18.3 Å². The van der Waals surface area contributed by atoms with Crippen molar-refractivity contribution >= 4 is 24.2 Å². The highest BCUT2D eigenvalue weighted by Gasteiger charge is 2.38. The second-order valence-corrected chi connectivity index (χ2v) is 5.56. The molecule has 0 spiro atoms. The fourth-order valence-corrected chi connectivity index (χ4v) is 2.78. The van der Waals surface area contributed by atoms with Crippen LogP contribution in [0.5, 0.6) is 11.6 Å². The van der Waals surface area contributed by atoms with Crippen molar-refractivity contribution < 1.29 is 34.3 Å². The molecule has 1 aliphatic rings. The molecule has 1 atom stereocenters. The van der Waals surface area contributed by atoms with Crippen LogP contribution in [-0.4, -0.2) is 28.4 Å². The minimum Gasteiger partial charge on any atom is -0.481 e. The maximum absolute atomic E-state index is 10.9. The molecule has 3 rings (SSSR count). The number of nitrogens with zero attached hydrogens (tertiary/aromatic N) is 1. The Hall–Kier alpha value is -2.78. The Kier molecular flexibility index (Phi) is 4.04. The fourth-order valence-electron chi connectivity index (χ4n) is 2.78. The Bertz CT molecular complexity index is 813. The molecule has 1 unspecified atom stereocenters. The average Bonchev–Trinajstić information content (AvgIpc) is 2.79. The third-order valence-electron chi connectivity index (χ3n) is 3.78. The van der Waals surface area contributed by atoms with E-state index < -0.39 is 19.2 Å². The number of benzene rings is 1. The molecular weight excluding hydrogens is 315 g/mol. The summed E-state index contributed by atoms with van der Waals surface area (Å²) in [6, 6.07) is 6.19. The van der Waals surface area contributed by atoms with Crippen molar-refractivity contribution in [2.45, 2.75) is 19.4 Å². The Balaban J connectivity index is 1.96. The van der Waals surface area contributed by atoms with E-state index >= 15 is 0 Å². The normalized spacial score (nSPS) is 16.1. The number of carboxylic acids is 1. The Morgan fingerprint density at radius 3 is 2.92 bits per heavy atom. The lowest BCUT2D eigenvalue weighted by Crippen LogP contribution is -2.31. The number of hydrogen-bond acceptors (Lipinski definition) is 6. The van der Waals surface area contributed by atoms with Crippen LogP contribution < -0.4 is 20.7 Å². The number of hydrogen-bond donors (Lipinski definition) is 4. The first-order valence-electron chi connectivity index (χ1n) is 7.23. The molecular formula is C15H16BN2O6+. The predicted molar refractivity (Wildman–Crippen MR) is 83.2 cm³/mol. The Morgan fingerprint density at radius 2 is 2.21 bits per heavy atom. The number of aliphatic carboxylic acids is 1. The van der Waals surface area contributed by atoms with Gasteiger partial charge in [-0.2, -0.15) is 0 Å². The van der Waals surface area contributed by atoms with Crippen LogP contribution in [0.15, 0.2) is 30.5 Å². The van der Waals surface area contributed by atoms with Gasteiger partial charge in [-0.25, -0.2) is 0 Å². The number of nitrogen functional groups attached to an aromatic ring is 1. The fraction of sp³-hybridized carbons (Fsp3) is 0.200. The summed E-state index contributed by atoms with van der Waals surface area (Å²) < 4.78 is 11.7. The van der Waals surface area contributed by atoms with Gasteiger partial charge in [0.15, 0.2) is 0 Å². The highest BCUT2D eigenvalue weighted by molar-refractivity contribution is 6.62. The molecule has 8 nitrogen and oxygen atoms in total. The molecule has 0 saturated heterocycles. The summed E-state index contributed by atoms with van der Waals surface area (Å²) >= 11 is 0. The zero-order valence-corrected chi connectivity index (χ0v) is 12.8. The van der Waals surface area contributed by atoms with E-state index in [4.69, 9.17) is 20.2 Å². The van der Waals surface area contributed by atoms with Crippen LogP contribution >= 0.6 is 0 Å². The van der Waals surface area contributed by atoms with E-state index in [1.54, 1.807) is 19.1 Å². The van der Waals surface area contributed by atoms with Crippen molar-refractivity contribution in [1.82, 2.24) is 0 Å². The summed E-state index contributed by atoms with van der Waals surface area (Å²) in [5.74, 6) is -0.552. The first-order chi connectivity index (χ1) is 11.3. The van der Waals surface area contributed by atoms with Crippen LogP contribution in [0, 0.1) is 6.92 Å². The summed E-state index contributed by atoms with van der Waals surface area (Å²) in [5, 5.41) is 28.7. The SMILES string of the molecule is Cc1cc(Oc2cc(N)cc[n+]2O)cc2c1C(CC(=O)O)OB2O. The van der Waals surface area contributed by atoms with Gasteiger partial charge in [0.2, 0.25) is 6.20 Å². The zero-order chi connectivity index (χ0) is 17.4. The van der Waals surface area contributed by atoms with E-state index in [9.17, 15) is 15.0 Å². The smallest absolute Gasteiger partial charge is 0.481 e. The molecule has 0 fully saturated rings. The molecule has 0 amide bonds. The largest absolute Gasteiger partial charge is 0.492 e. The number of aromatic nitrogens is 1. The molecule has 0 radical (unpaired) electrons. The lowest BCUT2D eigenvalue weighted by Gasteiger charge is -2.12. The molecule has 9 heteroatoms. The molecule has 0 aliphatic carbocycles. The summed E-state index contributed by atoms with van der Waals surface area (Å²) in [7, 11) is -1.23. The number of carbonyl (C=O) groups is 1. The number of pyridine rings is 1. The third kappa shape index (κ3) is 2.99. The van der Waals surface area contributed by atoms with E-state index in [2.05, 4.69) is 0 Å². The van der Waals surface area contributed by atoms with Crippen molar-refractivity contribution in [1.29, 1.82) is 0 Å². The minimum atomic E-state index is -1.23. The summed E-state index contributed by atoms with van der Waals surface area (Å²) in [6.45, 7) is 1.77. The van der Waals surface area contributed by atoms with Gasteiger partial charge in [0.25, 0.3) is 0 Å². The van der Waals surface area contributed by atoms with Gasteiger partial charge >= 0.3 is 19.0 Å². The van der Waals surface area contributed by atoms with Gasteiger partial charge in [-0.05, 0) is 35.6 Å². The van der Waals surface area contributed by atoms with Gasteiger partial charge in [0.1, 0.15) is 5.75 Å². The van der Waals surface area contributed by atoms with Crippen molar-refractivity contribution in [2.24, 2.45) is 0 Å². The van der Waals surface area contributed by atoms with E-state index in [0.29, 0.717) is 22.5 Å². The molecule has 2 aromatic rings. The second-order valence-electron chi connectivity index (χ2n) is 5.56. The second kappa shape index (κ2) is 6.02. The first-order valence-corrected chi connectivity index (χ1v) is 7.23. The van der Waals surface area contributed by atoms with Crippen molar-refractivity contribution in [3.8, 4) is 11.6 Å². The summed E-state index contributed by atoms with van der Waals surface area (Å²) in [5.41, 5.74) is 7.89. The van der Waals surface area contributed by atoms with Gasteiger partial charge in [0.05, 0.1) is 18.6 Å². The minimum absolute atomic E-state index is 0.102. The average molecular weight is 331 g/mol. The maximum Gasteiger partial charge on any atom is 0.492 e. The maximum atomic E-state index is 10.9. The summed E-state index contributed by atoms with van der Waals surface area (Å²) in [6.07, 6.45) is 0.389. The number of rotatable bonds is 4. The summed E-state index contributed by atoms with van der Waals surface area (Å²) in [4.78, 5) is 10.9. The standard InChI is InChI=1S/C15H15BN2O6/c1-8-4-10(23-13-5-9(17)2-3-18(13)22)6-11-15(8)12(7-14(19)20)24-16(11)21/h2-6,12,17,21-22H,7H2,1H3,(H,19,20)/p+1. The molecule has 1 aromatic heterocycles. The lowest BCUT2D eigenvalue weighted by atomic mass is 9.77. The molecule has 5 N–H and O–H groups in total. The molecule has 0 saturated carbocycles. The molecule has 2 heterocycles. The van der Waals surface area contributed by atoms with E-state index in [1.807, 2.05) is 0 Å². The lowest BCUT2D eigenvalue weighted by molar-refractivity contribution is -0.905. The predicted octanol–water partition coefficient (Wildman–Crippen LogP) is 0.128. The van der Waals surface area contributed by atoms with Crippen LogP contribution in [0.3, 0.4) is 0 Å². The number of aryl methyl sites for hydroxylation is 1. The van der Waals surface area contributed by atoms with Crippen LogP contribution in [0.1, 0.15) is 23.7 Å². The number of carboxylic acid groups (broad SMARTS) is 1. The molecule has 24 heavy (non-hydrogen) atoms. The van der Waals surface area contributed by atoms with Crippen LogP contribution in [0.25, 0.3) is 0 Å². The molecule has 1 aromatic carbocycles. The van der Waals surface area contributed by atoms with Gasteiger partial charge in [-0.3, -0.25) is 10.0 Å². The number of anilines is 1.